The van der Waals surface area contributed by atoms with Crippen LogP contribution in [-0.4, -0.2) is 5.33 Å². The van der Waals surface area contributed by atoms with Gasteiger partial charge in [0.15, 0.2) is 0 Å². The lowest BCUT2D eigenvalue weighted by Gasteiger charge is -2.11. The molecule has 0 atom stereocenters. The zero-order chi connectivity index (χ0) is 11.4. The van der Waals surface area contributed by atoms with Crippen LogP contribution in [0.4, 0.5) is 0 Å². The lowest BCUT2D eigenvalue weighted by molar-refractivity contribution is 0.780. The molecule has 0 aliphatic carbocycles. The molecule has 0 N–H and O–H groups in total. The van der Waals surface area contributed by atoms with Gasteiger partial charge in [-0.05, 0) is 36.5 Å². The molecule has 0 nitrogen and oxygen atoms in total. The van der Waals surface area contributed by atoms with Crippen LogP contribution in [0.25, 0.3) is 6.08 Å². The van der Waals surface area contributed by atoms with E-state index >= 15 is 0 Å². The molecule has 0 saturated carbocycles. The maximum absolute atomic E-state index is 3.55. The van der Waals surface area contributed by atoms with Gasteiger partial charge in [0.1, 0.15) is 0 Å². The molecule has 0 saturated heterocycles. The van der Waals surface area contributed by atoms with E-state index in [-0.39, 0.29) is 0 Å². The van der Waals surface area contributed by atoms with Gasteiger partial charge in [0.25, 0.3) is 0 Å². The average molecular weight is 267 g/mol. The van der Waals surface area contributed by atoms with Crippen molar-refractivity contribution < 1.29 is 0 Å². The monoisotopic (exact) mass is 266 g/mol. The maximum atomic E-state index is 3.55. The van der Waals surface area contributed by atoms with E-state index in [1.165, 1.54) is 22.3 Å². The van der Waals surface area contributed by atoms with Crippen molar-refractivity contribution in [2.45, 2.75) is 27.7 Å². The lowest BCUT2D eigenvalue weighted by atomic mass is 9.97. The van der Waals surface area contributed by atoms with E-state index in [9.17, 15) is 0 Å². The van der Waals surface area contributed by atoms with Crippen LogP contribution in [0, 0.1) is 19.8 Å². The Hall–Kier alpha value is -0.560. The predicted molar refractivity (Wildman–Crippen MR) is 72.5 cm³/mol. The van der Waals surface area contributed by atoms with E-state index in [2.05, 4.69) is 67.9 Å². The smallest absolute Gasteiger partial charge is 0.0247 e. The van der Waals surface area contributed by atoms with Crippen LogP contribution < -0.4 is 0 Å². The van der Waals surface area contributed by atoms with Gasteiger partial charge in [-0.2, -0.15) is 0 Å². The molecule has 15 heavy (non-hydrogen) atoms. The number of benzene rings is 1. The fourth-order valence-corrected chi connectivity index (χ4v) is 2.41. The van der Waals surface area contributed by atoms with Gasteiger partial charge in [-0.15, -0.1) is 0 Å². The zero-order valence-corrected chi connectivity index (χ0v) is 11.6. The first-order valence-electron chi connectivity index (χ1n) is 5.39. The van der Waals surface area contributed by atoms with Crippen molar-refractivity contribution in [1.82, 2.24) is 0 Å². The summed E-state index contributed by atoms with van der Waals surface area (Å²) in [7, 11) is 0. The Labute approximate surface area is 102 Å². The summed E-state index contributed by atoms with van der Waals surface area (Å²) in [5.41, 5.74) is 5.54. The SMILES string of the molecule is Cc1cccc(C)c1/C=C(\CBr)C(C)C. The van der Waals surface area contributed by atoms with Gasteiger partial charge in [-0.3, -0.25) is 0 Å². The van der Waals surface area contributed by atoms with Crippen molar-refractivity contribution >= 4 is 22.0 Å². The Kier molecular flexibility index (Phi) is 4.59. The predicted octanol–water partition coefficient (Wildman–Crippen LogP) is 4.74. The average Bonchev–Trinajstić information content (AvgIpc) is 2.17. The second-order valence-electron chi connectivity index (χ2n) is 4.31. The minimum atomic E-state index is 0.600. The van der Waals surface area contributed by atoms with Crippen molar-refractivity contribution in [3.8, 4) is 0 Å². The molecule has 1 heteroatoms. The number of halogens is 1. The van der Waals surface area contributed by atoms with Gasteiger partial charge in [-0.25, -0.2) is 0 Å². The number of allylic oxidation sites excluding steroid dienone is 1. The molecular formula is C14H19Br. The third-order valence-corrected chi connectivity index (χ3v) is 3.42. The van der Waals surface area contributed by atoms with Crippen molar-refractivity contribution in [3.63, 3.8) is 0 Å². The van der Waals surface area contributed by atoms with Crippen LogP contribution in [0.5, 0.6) is 0 Å². The highest BCUT2D eigenvalue weighted by atomic mass is 79.9. The van der Waals surface area contributed by atoms with E-state index in [1.807, 2.05) is 0 Å². The number of rotatable bonds is 3. The topological polar surface area (TPSA) is 0 Å². The van der Waals surface area contributed by atoms with Crippen LogP contribution in [0.2, 0.25) is 0 Å². The summed E-state index contributed by atoms with van der Waals surface area (Å²) in [5, 5.41) is 0.957. The number of aryl methyl sites for hydroxylation is 2. The summed E-state index contributed by atoms with van der Waals surface area (Å²) in [6.07, 6.45) is 2.32. The molecule has 0 bridgehead atoms. The highest BCUT2D eigenvalue weighted by Gasteiger charge is 2.04. The summed E-state index contributed by atoms with van der Waals surface area (Å²) in [5.74, 6) is 0.600. The van der Waals surface area contributed by atoms with Crippen molar-refractivity contribution in [2.75, 3.05) is 5.33 Å². The lowest BCUT2D eigenvalue weighted by Crippen LogP contribution is -1.96. The first-order valence-corrected chi connectivity index (χ1v) is 6.51. The summed E-state index contributed by atoms with van der Waals surface area (Å²) >= 11 is 3.55. The largest absolute Gasteiger partial charge is 0.0880 e. The summed E-state index contributed by atoms with van der Waals surface area (Å²) in [4.78, 5) is 0. The van der Waals surface area contributed by atoms with Gasteiger partial charge >= 0.3 is 0 Å². The maximum Gasteiger partial charge on any atom is 0.0247 e. The fraction of sp³-hybridized carbons (Fsp3) is 0.429. The third kappa shape index (κ3) is 3.20. The number of alkyl halides is 1. The molecule has 82 valence electrons. The molecule has 0 unspecified atom stereocenters. The van der Waals surface area contributed by atoms with E-state index in [0.717, 1.165) is 5.33 Å². The Balaban J connectivity index is 3.16. The summed E-state index contributed by atoms with van der Waals surface area (Å²) < 4.78 is 0. The second-order valence-corrected chi connectivity index (χ2v) is 4.87. The van der Waals surface area contributed by atoms with Gasteiger partial charge in [0.2, 0.25) is 0 Å². The molecule has 0 radical (unpaired) electrons. The van der Waals surface area contributed by atoms with Crippen LogP contribution in [0.1, 0.15) is 30.5 Å². The molecule has 0 amide bonds. The first kappa shape index (κ1) is 12.5. The molecule has 0 aromatic heterocycles. The zero-order valence-electron chi connectivity index (χ0n) is 9.97. The Morgan fingerprint density at radius 1 is 1.27 bits per heavy atom. The van der Waals surface area contributed by atoms with E-state index in [1.54, 1.807) is 0 Å². The van der Waals surface area contributed by atoms with Crippen molar-refractivity contribution in [2.24, 2.45) is 5.92 Å². The van der Waals surface area contributed by atoms with Gasteiger partial charge in [-0.1, -0.05) is 59.6 Å². The molecule has 0 aliphatic rings. The van der Waals surface area contributed by atoms with E-state index in [4.69, 9.17) is 0 Å². The highest BCUT2D eigenvalue weighted by Crippen LogP contribution is 2.21. The molecule has 0 aliphatic heterocycles. The Bertz CT molecular complexity index is 341. The van der Waals surface area contributed by atoms with E-state index in [0.29, 0.717) is 5.92 Å². The van der Waals surface area contributed by atoms with E-state index < -0.39 is 0 Å². The van der Waals surface area contributed by atoms with Gasteiger partial charge in [0.05, 0.1) is 0 Å². The van der Waals surface area contributed by atoms with Crippen LogP contribution in [0.15, 0.2) is 23.8 Å². The van der Waals surface area contributed by atoms with Crippen molar-refractivity contribution in [1.29, 1.82) is 0 Å². The highest BCUT2D eigenvalue weighted by molar-refractivity contribution is 9.09. The molecule has 1 aromatic carbocycles. The minimum Gasteiger partial charge on any atom is -0.0880 e. The Morgan fingerprint density at radius 2 is 1.80 bits per heavy atom. The molecule has 1 rings (SSSR count). The molecule has 0 heterocycles. The Morgan fingerprint density at radius 3 is 2.20 bits per heavy atom. The summed E-state index contributed by atoms with van der Waals surface area (Å²) in [6.45, 7) is 8.82. The second kappa shape index (κ2) is 5.50. The quantitative estimate of drug-likeness (QED) is 0.694. The number of hydrogen-bond acceptors (Lipinski definition) is 0. The molecule has 1 aromatic rings. The third-order valence-electron chi connectivity index (χ3n) is 2.77. The van der Waals surface area contributed by atoms with Crippen LogP contribution in [-0.2, 0) is 0 Å². The standard InChI is InChI=1S/C14H19Br/c1-10(2)13(9-15)8-14-11(3)6-5-7-12(14)4/h5-8,10H,9H2,1-4H3/b13-8+. The molecule has 0 fully saturated rings. The number of hydrogen-bond donors (Lipinski definition) is 0. The van der Waals surface area contributed by atoms with Crippen molar-refractivity contribution in [3.05, 3.63) is 40.5 Å². The van der Waals surface area contributed by atoms with Crippen LogP contribution in [0.3, 0.4) is 0 Å². The normalized spacial score (nSPS) is 12.3. The van der Waals surface area contributed by atoms with Crippen LogP contribution >= 0.6 is 15.9 Å². The minimum absolute atomic E-state index is 0.600. The van der Waals surface area contributed by atoms with Gasteiger partial charge < -0.3 is 0 Å². The van der Waals surface area contributed by atoms with Gasteiger partial charge in [0, 0.05) is 5.33 Å². The first-order chi connectivity index (χ1) is 7.06. The summed E-state index contributed by atoms with van der Waals surface area (Å²) in [6, 6.07) is 6.46. The molecule has 0 spiro atoms. The fourth-order valence-electron chi connectivity index (χ4n) is 1.60. The molecular weight excluding hydrogens is 248 g/mol.